The minimum absolute atomic E-state index is 0.508. The van der Waals surface area contributed by atoms with Crippen molar-refractivity contribution >= 4 is 15.9 Å². The van der Waals surface area contributed by atoms with E-state index in [9.17, 15) is 8.42 Å². The molecule has 2 rings (SSSR count). The molecule has 0 saturated carbocycles. The molecule has 0 amide bonds. The lowest BCUT2D eigenvalue weighted by Gasteiger charge is -2.26. The number of piperazine rings is 1. The maximum Gasteiger partial charge on any atom is 0.301 e. The van der Waals surface area contributed by atoms with Crippen LogP contribution in [0.4, 0.5) is 5.69 Å². The second kappa shape index (κ2) is 6.53. The van der Waals surface area contributed by atoms with Crippen molar-refractivity contribution in [3.8, 4) is 0 Å². The predicted octanol–water partition coefficient (Wildman–Crippen LogP) is 0.310. The first kappa shape index (κ1) is 15.2. The first-order valence-electron chi connectivity index (χ1n) is 6.70. The minimum atomic E-state index is -3.44. The molecule has 2 N–H and O–H groups in total. The second-order valence-corrected chi connectivity index (χ2v) is 6.86. The van der Waals surface area contributed by atoms with E-state index in [2.05, 4.69) is 14.9 Å². The maximum atomic E-state index is 12.2. The molecule has 1 aromatic carbocycles. The topological polar surface area (TPSA) is 64.7 Å². The van der Waals surface area contributed by atoms with Gasteiger partial charge in [0.15, 0.2) is 0 Å². The molecule has 0 spiro atoms. The molecule has 1 aliphatic rings. The average Bonchev–Trinajstić information content (AvgIpc) is 2.41. The predicted molar refractivity (Wildman–Crippen MR) is 80.8 cm³/mol. The second-order valence-electron chi connectivity index (χ2n) is 5.19. The summed E-state index contributed by atoms with van der Waals surface area (Å²) in [5, 5.41) is 3.14. The standard InChI is InChI=1S/C13H22N4O2S/c1-16(2)11-12-3-5-13(6-4-12)15-20(18,19)17-9-7-14-8-10-17/h3-6,14-15H,7-11H2,1-2H3. The Bertz CT molecular complexity index is 522. The van der Waals surface area contributed by atoms with Crippen LogP contribution < -0.4 is 10.0 Å². The van der Waals surface area contributed by atoms with Crippen molar-refractivity contribution in [1.82, 2.24) is 14.5 Å². The molecule has 1 fully saturated rings. The minimum Gasteiger partial charge on any atom is -0.314 e. The Morgan fingerprint density at radius 2 is 1.80 bits per heavy atom. The van der Waals surface area contributed by atoms with Crippen LogP contribution in [-0.2, 0) is 16.8 Å². The van der Waals surface area contributed by atoms with E-state index in [4.69, 9.17) is 0 Å². The molecule has 1 heterocycles. The summed E-state index contributed by atoms with van der Waals surface area (Å²) in [5.74, 6) is 0. The Balaban J connectivity index is 2.01. The highest BCUT2D eigenvalue weighted by molar-refractivity contribution is 7.90. The third-order valence-electron chi connectivity index (χ3n) is 3.12. The molecule has 7 heteroatoms. The van der Waals surface area contributed by atoms with Gasteiger partial charge in [0.05, 0.1) is 0 Å². The van der Waals surface area contributed by atoms with Gasteiger partial charge in [0.1, 0.15) is 0 Å². The van der Waals surface area contributed by atoms with Crippen LogP contribution in [0.15, 0.2) is 24.3 Å². The van der Waals surface area contributed by atoms with Gasteiger partial charge < -0.3 is 10.2 Å². The van der Waals surface area contributed by atoms with Crippen molar-refractivity contribution < 1.29 is 8.42 Å². The van der Waals surface area contributed by atoms with Crippen LogP contribution in [0, 0.1) is 0 Å². The molecule has 0 bridgehead atoms. The van der Waals surface area contributed by atoms with E-state index < -0.39 is 10.2 Å². The number of benzene rings is 1. The van der Waals surface area contributed by atoms with Gasteiger partial charge in [-0.3, -0.25) is 4.72 Å². The summed E-state index contributed by atoms with van der Waals surface area (Å²) < 4.78 is 28.5. The fourth-order valence-electron chi connectivity index (χ4n) is 2.14. The monoisotopic (exact) mass is 298 g/mol. The van der Waals surface area contributed by atoms with Crippen molar-refractivity contribution in [3.63, 3.8) is 0 Å². The number of nitrogens with zero attached hydrogens (tertiary/aromatic N) is 2. The fraction of sp³-hybridized carbons (Fsp3) is 0.538. The van der Waals surface area contributed by atoms with Crippen LogP contribution in [0.5, 0.6) is 0 Å². The van der Waals surface area contributed by atoms with Crippen molar-refractivity contribution in [2.75, 3.05) is 45.0 Å². The molecular formula is C13H22N4O2S. The van der Waals surface area contributed by atoms with Gasteiger partial charge in [-0.1, -0.05) is 12.1 Å². The molecule has 1 aliphatic heterocycles. The van der Waals surface area contributed by atoms with E-state index in [0.717, 1.165) is 12.1 Å². The Morgan fingerprint density at radius 1 is 1.20 bits per heavy atom. The van der Waals surface area contributed by atoms with Crippen LogP contribution in [0.25, 0.3) is 0 Å². The van der Waals surface area contributed by atoms with Gasteiger partial charge in [-0.15, -0.1) is 0 Å². The largest absolute Gasteiger partial charge is 0.314 e. The summed E-state index contributed by atoms with van der Waals surface area (Å²) in [6.07, 6.45) is 0. The maximum absolute atomic E-state index is 12.2. The summed E-state index contributed by atoms with van der Waals surface area (Å²) in [5.41, 5.74) is 1.76. The molecule has 1 aromatic rings. The van der Waals surface area contributed by atoms with Crippen molar-refractivity contribution in [2.45, 2.75) is 6.54 Å². The highest BCUT2D eigenvalue weighted by Gasteiger charge is 2.23. The summed E-state index contributed by atoms with van der Waals surface area (Å²) >= 11 is 0. The van der Waals surface area contributed by atoms with Gasteiger partial charge in [-0.25, -0.2) is 0 Å². The molecule has 0 atom stereocenters. The normalized spacial score (nSPS) is 17.4. The zero-order chi connectivity index (χ0) is 14.6. The lowest BCUT2D eigenvalue weighted by molar-refractivity contribution is 0.362. The highest BCUT2D eigenvalue weighted by atomic mass is 32.2. The Hall–Kier alpha value is -1.15. The number of hydrogen-bond acceptors (Lipinski definition) is 4. The van der Waals surface area contributed by atoms with Crippen molar-refractivity contribution in [3.05, 3.63) is 29.8 Å². The Labute approximate surface area is 120 Å². The van der Waals surface area contributed by atoms with Crippen LogP contribution in [-0.4, -0.2) is 57.9 Å². The van der Waals surface area contributed by atoms with E-state index in [1.165, 1.54) is 4.31 Å². The number of rotatable bonds is 5. The van der Waals surface area contributed by atoms with Gasteiger partial charge in [0.25, 0.3) is 0 Å². The third-order valence-corrected chi connectivity index (χ3v) is 4.65. The molecular weight excluding hydrogens is 276 g/mol. The zero-order valence-electron chi connectivity index (χ0n) is 12.0. The van der Waals surface area contributed by atoms with Gasteiger partial charge in [0, 0.05) is 38.4 Å². The SMILES string of the molecule is CN(C)Cc1ccc(NS(=O)(=O)N2CCNCC2)cc1. The van der Waals surface area contributed by atoms with Gasteiger partial charge in [-0.05, 0) is 31.8 Å². The van der Waals surface area contributed by atoms with E-state index >= 15 is 0 Å². The van der Waals surface area contributed by atoms with Crippen molar-refractivity contribution in [2.24, 2.45) is 0 Å². The van der Waals surface area contributed by atoms with Crippen LogP contribution in [0.3, 0.4) is 0 Å². The molecule has 0 radical (unpaired) electrons. The molecule has 112 valence electrons. The molecule has 0 unspecified atom stereocenters. The summed E-state index contributed by atoms with van der Waals surface area (Å²) in [4.78, 5) is 2.07. The van der Waals surface area contributed by atoms with E-state index in [0.29, 0.717) is 31.9 Å². The molecule has 20 heavy (non-hydrogen) atoms. The average molecular weight is 298 g/mol. The van der Waals surface area contributed by atoms with E-state index in [1.807, 2.05) is 26.2 Å². The molecule has 6 nitrogen and oxygen atoms in total. The lowest BCUT2D eigenvalue weighted by atomic mass is 10.2. The first-order valence-corrected chi connectivity index (χ1v) is 8.14. The van der Waals surface area contributed by atoms with Gasteiger partial charge >= 0.3 is 10.2 Å². The van der Waals surface area contributed by atoms with Crippen LogP contribution in [0.1, 0.15) is 5.56 Å². The van der Waals surface area contributed by atoms with E-state index in [1.54, 1.807) is 12.1 Å². The molecule has 0 aromatic heterocycles. The number of nitrogens with one attached hydrogen (secondary N) is 2. The Kier molecular flexibility index (Phi) is 4.98. The summed E-state index contributed by atoms with van der Waals surface area (Å²) in [7, 11) is 0.563. The quantitative estimate of drug-likeness (QED) is 0.821. The van der Waals surface area contributed by atoms with E-state index in [-0.39, 0.29) is 0 Å². The lowest BCUT2D eigenvalue weighted by Crippen LogP contribution is -2.48. The Morgan fingerprint density at radius 3 is 2.35 bits per heavy atom. The summed E-state index contributed by atoms with van der Waals surface area (Å²) in [6, 6.07) is 7.49. The third kappa shape index (κ3) is 4.17. The van der Waals surface area contributed by atoms with Crippen LogP contribution in [0.2, 0.25) is 0 Å². The van der Waals surface area contributed by atoms with Gasteiger partial charge in [0.2, 0.25) is 0 Å². The first-order chi connectivity index (χ1) is 9.47. The van der Waals surface area contributed by atoms with Crippen molar-refractivity contribution in [1.29, 1.82) is 0 Å². The number of hydrogen-bond donors (Lipinski definition) is 2. The zero-order valence-corrected chi connectivity index (χ0v) is 12.8. The molecule has 0 aliphatic carbocycles. The molecule has 1 saturated heterocycles. The number of anilines is 1. The highest BCUT2D eigenvalue weighted by Crippen LogP contribution is 2.14. The van der Waals surface area contributed by atoms with Gasteiger partial charge in [-0.2, -0.15) is 12.7 Å². The summed E-state index contributed by atoms with van der Waals surface area (Å²) in [6.45, 7) is 3.25. The van der Waals surface area contributed by atoms with Crippen LogP contribution >= 0.6 is 0 Å². The smallest absolute Gasteiger partial charge is 0.301 e. The fourth-order valence-corrected chi connectivity index (χ4v) is 3.37.